The van der Waals surface area contributed by atoms with E-state index in [2.05, 4.69) is 120 Å². The number of nitrogens with one attached hydrogen (secondary N) is 20. The maximum atomic E-state index is 14.7. The number of rotatable bonds is 58. The number of carboxylic acids is 1. The Bertz CT molecular complexity index is 4210. The van der Waals surface area contributed by atoms with Gasteiger partial charge in [-0.25, -0.2) is 4.98 Å². The molecule has 2 heterocycles. The quantitative estimate of drug-likeness (QED) is 0.0108. The van der Waals surface area contributed by atoms with Gasteiger partial charge in [0.1, 0.15) is 78.3 Å². The fourth-order valence-corrected chi connectivity index (χ4v) is 14.3. The highest BCUT2D eigenvalue weighted by molar-refractivity contribution is 7.98. The molecule has 0 saturated carbocycles. The third-order valence-electron chi connectivity index (χ3n) is 20.0. The Morgan fingerprint density at radius 2 is 1.00 bits per heavy atom. The lowest BCUT2D eigenvalue weighted by atomic mass is 9.97. The van der Waals surface area contributed by atoms with Crippen LogP contribution in [0.15, 0.2) is 67.1 Å². The normalized spacial score (nSPS) is 15.8. The number of carbonyl (C=O) groups is 16. The number of benzene rings is 2. The van der Waals surface area contributed by atoms with E-state index in [1.165, 1.54) is 67.2 Å². The summed E-state index contributed by atoms with van der Waals surface area (Å²) in [6.45, 7) is 0.616. The van der Waals surface area contributed by atoms with Gasteiger partial charge in [-0.05, 0) is 110 Å². The summed E-state index contributed by atoms with van der Waals surface area (Å²) in [6, 6.07) is -5.31. The number of thiol groups is 2. The summed E-state index contributed by atoms with van der Waals surface area (Å²) >= 11 is 11.2. The van der Waals surface area contributed by atoms with Gasteiger partial charge in [-0.3, -0.25) is 92.9 Å². The molecule has 0 radical (unpaired) electrons. The number of H-pyrrole nitrogens is 1. The number of aliphatic hydroxyl groups excluding tert-OH is 1. The number of nitrogens with two attached hydrogens (primary N) is 5. The molecule has 4 rings (SSSR count). The monoisotopic (exact) mass is 1860 g/mol. The number of aromatic amines is 1. The van der Waals surface area contributed by atoms with E-state index in [9.17, 15) is 92.0 Å². The second-order valence-electron chi connectivity index (χ2n) is 29.8. The number of likely N-dealkylation sites (tertiary alicyclic amines) is 1. The first-order valence-corrected chi connectivity index (χ1v) is 44.7. The predicted octanol–water partition coefficient (Wildman–Crippen LogP) is -7.98. The summed E-state index contributed by atoms with van der Waals surface area (Å²) in [4.78, 5) is 231. The molecule has 46 nitrogen and oxygen atoms in total. The third-order valence-corrected chi connectivity index (χ3v) is 22.0. The van der Waals surface area contributed by atoms with Gasteiger partial charge in [-0.15, -0.1) is 0 Å². The first-order chi connectivity index (χ1) is 60.3. The standard InChI is InChI=1S/C77H121N27O19S4/c1-5-40(2)61(74(123)100-54(36-105)70(119)102-56(38-125)72(121)97-51(28-42-15-17-45(106)18-16-42)67(116)93-47(62(79)111)13-9-22-87-75(80)81)103-66(115)48(14-10-23-88-76(82)83)94-69(118)53(31-60(109)110)99-65(114)49(21-26-127-4)95-73(122)57-29-43(19-24-89-77(84)85)35-104(57)59(108)34-90-58(107)33-91-64(113)50(27-41-11-7-6-8-12-41)96-68(117)52(30-44-32-86-39-92-44)98-71(120)55(37-124)101-63(112)46(78)20-25-126-3/h6-8,11-12,15-18,32,39-40,43,46-57,61,105-106,124-125H,5,9-10,13-14,19-31,33-38,78H2,1-4H3,(H2,79,111)(H,86,92)(H,90,107)(H,91,113)(H,93,116)(H,94,118)(H,95,122)(H,96,117)(H,97,121)(H,98,120)(H,99,114)(H,100,123)(H,101,112)(H,102,119)(H,103,115)(H,109,110)(H4,80,81,87)(H4,82,83,88)(H4,84,85,89)/t40-,43+,46-,47-,48-,49-,50-,51-,52-,53-,54-,55-,56-,57-,61-/m0/s1. The number of aliphatic carboxylic acids is 1. The summed E-state index contributed by atoms with van der Waals surface area (Å²) in [5, 5.41) is 93.7. The van der Waals surface area contributed by atoms with E-state index < -0.39 is 223 Å². The molecule has 15 amide bonds. The van der Waals surface area contributed by atoms with Gasteiger partial charge in [0.15, 0.2) is 17.9 Å². The lowest BCUT2D eigenvalue weighted by Gasteiger charge is -2.29. The minimum absolute atomic E-state index is 0.0141. The third kappa shape index (κ3) is 39.3. The number of hydrogen-bond donors (Lipinski definition) is 30. The summed E-state index contributed by atoms with van der Waals surface area (Å²) in [6.07, 6.45) is 4.97. The number of carbonyl (C=O) groups excluding carboxylic acids is 15. The van der Waals surface area contributed by atoms with Crippen LogP contribution in [0.3, 0.4) is 0 Å². The number of nitrogens with zero attached hydrogens (tertiary/aromatic N) is 2. The van der Waals surface area contributed by atoms with Crippen molar-refractivity contribution in [3.8, 4) is 5.75 Å². The van der Waals surface area contributed by atoms with Crippen molar-refractivity contribution in [2.24, 2.45) is 40.5 Å². The molecular formula is C77H121N27O19S4. The lowest BCUT2D eigenvalue weighted by molar-refractivity contribution is -0.142. The Morgan fingerprint density at radius 1 is 0.535 bits per heavy atom. The van der Waals surface area contributed by atoms with Gasteiger partial charge in [-0.2, -0.15) is 48.8 Å². The lowest BCUT2D eigenvalue weighted by Crippen LogP contribution is -2.62. The molecule has 15 atom stereocenters. The number of guanidine groups is 3. The van der Waals surface area contributed by atoms with Crippen LogP contribution < -0.4 is 114 Å². The second-order valence-corrected chi connectivity index (χ2v) is 32.5. The van der Waals surface area contributed by atoms with Crippen LogP contribution >= 0.6 is 48.8 Å². The molecule has 2 aromatic carbocycles. The van der Waals surface area contributed by atoms with Crippen molar-refractivity contribution in [2.75, 3.05) is 81.4 Å². The molecule has 1 saturated heterocycles. The van der Waals surface area contributed by atoms with Gasteiger partial charge < -0.3 is 139 Å². The zero-order valence-corrected chi connectivity index (χ0v) is 74.3. The van der Waals surface area contributed by atoms with E-state index in [1.54, 1.807) is 43.5 Å². The van der Waals surface area contributed by atoms with E-state index in [0.29, 0.717) is 29.0 Å². The van der Waals surface area contributed by atoms with Gasteiger partial charge in [0.2, 0.25) is 88.6 Å². The maximum Gasteiger partial charge on any atom is 0.305 e. The van der Waals surface area contributed by atoms with Gasteiger partial charge in [0.05, 0.1) is 38.5 Å². The molecule has 50 heteroatoms. The van der Waals surface area contributed by atoms with Crippen molar-refractivity contribution in [1.82, 2.24) is 99.9 Å². The van der Waals surface area contributed by atoms with Gasteiger partial charge in [-0.1, -0.05) is 62.7 Å². The average Bonchev–Trinajstić information content (AvgIpc) is 1.67. The molecule has 0 bridgehead atoms. The molecule has 0 unspecified atom stereocenters. The molecule has 1 aliphatic heterocycles. The van der Waals surface area contributed by atoms with Crippen molar-refractivity contribution >= 4 is 161 Å². The molecule has 702 valence electrons. The zero-order valence-electron chi connectivity index (χ0n) is 70.8. The van der Waals surface area contributed by atoms with E-state index in [0.717, 1.165) is 4.90 Å². The Kier molecular flexibility index (Phi) is 48.2. The Morgan fingerprint density at radius 3 is 1.54 bits per heavy atom. The highest BCUT2D eigenvalue weighted by Crippen LogP contribution is 2.27. The highest BCUT2D eigenvalue weighted by atomic mass is 32.2. The molecule has 33 N–H and O–H groups in total. The van der Waals surface area contributed by atoms with Crippen molar-refractivity contribution in [3.63, 3.8) is 0 Å². The molecule has 127 heavy (non-hydrogen) atoms. The van der Waals surface area contributed by atoms with Gasteiger partial charge in [0, 0.05) is 68.8 Å². The zero-order chi connectivity index (χ0) is 94.4. The van der Waals surface area contributed by atoms with E-state index in [4.69, 9.17) is 44.9 Å². The van der Waals surface area contributed by atoms with Crippen LogP contribution in [-0.2, 0) is 96.0 Å². The number of phenols is 1. The topological polar surface area (TPSA) is 760 Å². The molecule has 0 spiro atoms. The number of aromatic hydroxyl groups is 1. The second kappa shape index (κ2) is 56.9. The summed E-state index contributed by atoms with van der Waals surface area (Å²) in [5.74, 6) is -18.4. The Hall–Kier alpha value is -11.9. The largest absolute Gasteiger partial charge is 0.508 e. The van der Waals surface area contributed by atoms with Crippen LogP contribution in [-0.4, -0.2) is 303 Å². The van der Waals surface area contributed by atoms with Crippen molar-refractivity contribution < 1.29 is 92.0 Å². The molecule has 3 aromatic rings. The molecule has 1 aliphatic rings. The van der Waals surface area contributed by atoms with Crippen molar-refractivity contribution in [3.05, 3.63) is 83.9 Å². The van der Waals surface area contributed by atoms with Crippen molar-refractivity contribution in [1.29, 1.82) is 16.2 Å². The fourth-order valence-electron chi connectivity index (χ4n) is 12.8. The number of thioether (sulfide) groups is 2. The molecule has 0 aliphatic carbocycles. The number of imidazole rings is 1. The number of hydrogen-bond acceptors (Lipinski definition) is 27. The average molecular weight is 1860 g/mol. The van der Waals surface area contributed by atoms with Crippen molar-refractivity contribution in [2.45, 2.75) is 176 Å². The molecular weight excluding hydrogens is 1740 g/mol. The van der Waals surface area contributed by atoms with Crippen LogP contribution in [0.25, 0.3) is 0 Å². The van der Waals surface area contributed by atoms with E-state index in [-0.39, 0.29) is 126 Å². The minimum atomic E-state index is -2.01. The molecule has 1 fully saturated rings. The predicted molar refractivity (Wildman–Crippen MR) is 478 cm³/mol. The molecule has 1 aromatic heterocycles. The number of aromatic nitrogens is 2. The van der Waals surface area contributed by atoms with Crippen LogP contribution in [0.5, 0.6) is 5.75 Å². The number of aliphatic hydroxyl groups is 1. The Balaban J connectivity index is 1.54. The smallest absolute Gasteiger partial charge is 0.305 e. The maximum absolute atomic E-state index is 14.7. The highest BCUT2D eigenvalue weighted by Gasteiger charge is 2.43. The number of phenolic OH excluding ortho intramolecular Hbond substituents is 1. The van der Waals surface area contributed by atoms with Crippen LogP contribution in [0, 0.1) is 28.1 Å². The van der Waals surface area contributed by atoms with E-state index >= 15 is 0 Å². The number of carboxylic acid groups (broad SMARTS) is 1. The summed E-state index contributed by atoms with van der Waals surface area (Å²) < 4.78 is 0. The van der Waals surface area contributed by atoms with Gasteiger partial charge >= 0.3 is 5.97 Å². The number of primary amides is 1. The van der Waals surface area contributed by atoms with Gasteiger partial charge in [0.25, 0.3) is 0 Å². The van der Waals surface area contributed by atoms with Crippen LogP contribution in [0.1, 0.15) is 94.9 Å². The van der Waals surface area contributed by atoms with E-state index in [1.807, 2.05) is 6.26 Å². The summed E-state index contributed by atoms with van der Waals surface area (Å²) in [7, 11) is 0. The SMILES string of the molecule is CC[C@H](C)[C@H](NC(=O)[C@H](CCCNC(=N)N)NC(=O)[C@H](CC(=O)O)NC(=O)[C@H](CCSC)NC(=O)[C@@H]1C[C@@H](CCNC(=N)N)CN1C(=O)CNC(=O)CNC(=O)[C@H](Cc1ccccc1)NC(=O)[C@H](Cc1cnc[nH]1)NC(=O)[C@H](CS)NC(=O)[C@@H](N)CCSC)C(=O)N[C@@H](CO)C(=O)N[C@@H](CS)C(=O)N[C@@H](Cc1ccc(O)cc1)C(=O)N[C@@H](CCCNC(=N)N)C(N)=O. The first-order valence-electron chi connectivity index (χ1n) is 40.6. The number of amides is 15. The Labute approximate surface area is 752 Å². The van der Waals surface area contributed by atoms with Crippen LogP contribution in [0.2, 0.25) is 0 Å². The fraction of sp³-hybridized carbons (Fsp3) is 0.558. The summed E-state index contributed by atoms with van der Waals surface area (Å²) in [5.41, 5.74) is 29.4. The minimum Gasteiger partial charge on any atom is -0.508 e. The first kappa shape index (κ1) is 107. The van der Waals surface area contributed by atoms with Crippen LogP contribution in [0.4, 0.5) is 0 Å².